The molecule has 0 bridgehead atoms. The number of carboxylic acid groups (broad SMARTS) is 1. The predicted molar refractivity (Wildman–Crippen MR) is 92.1 cm³/mol. The summed E-state index contributed by atoms with van der Waals surface area (Å²) in [7, 11) is 0. The average molecular weight is 364 g/mol. The molecule has 7 heteroatoms. The number of hydrogen-bond donors (Lipinski definition) is 1. The lowest BCUT2D eigenvalue weighted by atomic mass is 10.1. The number of carbonyl (C=O) groups excluding carboxylic acids is 1. The Morgan fingerprint density at radius 3 is 2.52 bits per heavy atom. The summed E-state index contributed by atoms with van der Waals surface area (Å²) >= 11 is 6.12. The van der Waals surface area contributed by atoms with E-state index in [9.17, 15) is 14.7 Å². The van der Waals surface area contributed by atoms with Crippen LogP contribution in [0.15, 0.2) is 30.3 Å². The SMILES string of the molecule is CCOC(=O)c1c(Cl)nc(C)c(CC(=O)O)c1OCc1ccccc1. The van der Waals surface area contributed by atoms with Crippen molar-refractivity contribution >= 4 is 23.5 Å². The van der Waals surface area contributed by atoms with Gasteiger partial charge in [-0.15, -0.1) is 0 Å². The molecule has 1 aromatic carbocycles. The molecule has 132 valence electrons. The molecule has 0 aliphatic rings. The van der Waals surface area contributed by atoms with Gasteiger partial charge < -0.3 is 14.6 Å². The van der Waals surface area contributed by atoms with Crippen LogP contribution in [0.25, 0.3) is 0 Å². The molecule has 0 saturated carbocycles. The number of ether oxygens (including phenoxy) is 2. The number of aromatic nitrogens is 1. The first-order valence-electron chi connectivity index (χ1n) is 7.68. The summed E-state index contributed by atoms with van der Waals surface area (Å²) in [6.45, 7) is 3.58. The van der Waals surface area contributed by atoms with Crippen molar-refractivity contribution in [1.82, 2.24) is 4.98 Å². The van der Waals surface area contributed by atoms with Crippen molar-refractivity contribution in [2.24, 2.45) is 0 Å². The number of carbonyl (C=O) groups is 2. The van der Waals surface area contributed by atoms with Crippen molar-refractivity contribution in [3.05, 3.63) is 57.9 Å². The first kappa shape index (κ1) is 18.7. The number of hydrogen-bond acceptors (Lipinski definition) is 5. The number of esters is 1. The molecule has 0 amide bonds. The molecule has 1 N–H and O–H groups in total. The number of aliphatic carboxylic acids is 1. The maximum absolute atomic E-state index is 12.3. The average Bonchev–Trinajstić information content (AvgIpc) is 2.56. The van der Waals surface area contributed by atoms with Crippen molar-refractivity contribution in [3.8, 4) is 5.75 Å². The van der Waals surface area contributed by atoms with Crippen LogP contribution in [0.4, 0.5) is 0 Å². The van der Waals surface area contributed by atoms with Gasteiger partial charge in [-0.05, 0) is 19.4 Å². The van der Waals surface area contributed by atoms with Gasteiger partial charge in [0.05, 0.1) is 13.0 Å². The Morgan fingerprint density at radius 2 is 1.92 bits per heavy atom. The topological polar surface area (TPSA) is 85.7 Å². The van der Waals surface area contributed by atoms with Crippen LogP contribution in [0, 0.1) is 6.92 Å². The second-order valence-electron chi connectivity index (χ2n) is 5.24. The summed E-state index contributed by atoms with van der Waals surface area (Å²) in [5.74, 6) is -1.66. The molecule has 0 aliphatic carbocycles. The second-order valence-corrected chi connectivity index (χ2v) is 5.59. The number of pyridine rings is 1. The van der Waals surface area contributed by atoms with Crippen molar-refractivity contribution in [1.29, 1.82) is 0 Å². The van der Waals surface area contributed by atoms with Gasteiger partial charge in [0.2, 0.25) is 0 Å². The third-order valence-corrected chi connectivity index (χ3v) is 3.72. The third kappa shape index (κ3) is 4.70. The summed E-state index contributed by atoms with van der Waals surface area (Å²) in [4.78, 5) is 27.5. The smallest absolute Gasteiger partial charge is 0.345 e. The molecule has 6 nitrogen and oxygen atoms in total. The van der Waals surface area contributed by atoms with Crippen molar-refractivity contribution in [2.45, 2.75) is 26.9 Å². The van der Waals surface area contributed by atoms with Crippen LogP contribution < -0.4 is 4.74 Å². The molecule has 1 aromatic heterocycles. The number of benzene rings is 1. The van der Waals surface area contributed by atoms with Crippen LogP contribution in [-0.2, 0) is 22.6 Å². The Hall–Kier alpha value is -2.60. The lowest BCUT2D eigenvalue weighted by Gasteiger charge is -2.17. The molecule has 0 fully saturated rings. The van der Waals surface area contributed by atoms with E-state index in [-0.39, 0.29) is 36.1 Å². The highest BCUT2D eigenvalue weighted by atomic mass is 35.5. The van der Waals surface area contributed by atoms with Gasteiger partial charge in [0.25, 0.3) is 0 Å². The Morgan fingerprint density at radius 1 is 1.24 bits per heavy atom. The minimum atomic E-state index is -1.06. The lowest BCUT2D eigenvalue weighted by Crippen LogP contribution is -2.15. The van der Waals surface area contributed by atoms with Crippen LogP contribution in [0.2, 0.25) is 5.15 Å². The van der Waals surface area contributed by atoms with Gasteiger partial charge in [0.15, 0.2) is 0 Å². The van der Waals surface area contributed by atoms with Crippen molar-refractivity contribution in [3.63, 3.8) is 0 Å². The monoisotopic (exact) mass is 363 g/mol. The van der Waals surface area contributed by atoms with Gasteiger partial charge in [-0.2, -0.15) is 0 Å². The summed E-state index contributed by atoms with van der Waals surface area (Å²) in [6, 6.07) is 9.30. The van der Waals surface area contributed by atoms with E-state index in [0.717, 1.165) is 5.56 Å². The first-order valence-corrected chi connectivity index (χ1v) is 8.06. The Labute approximate surface area is 150 Å². The highest BCUT2D eigenvalue weighted by molar-refractivity contribution is 6.32. The summed E-state index contributed by atoms with van der Waals surface area (Å²) < 4.78 is 10.8. The molecule has 0 spiro atoms. The molecule has 0 saturated heterocycles. The molecule has 2 aromatic rings. The normalized spacial score (nSPS) is 10.4. The van der Waals surface area contributed by atoms with Crippen LogP contribution >= 0.6 is 11.6 Å². The fraction of sp³-hybridized carbons (Fsp3) is 0.278. The molecular weight excluding hydrogens is 346 g/mol. The van der Waals surface area contributed by atoms with Gasteiger partial charge in [0, 0.05) is 11.3 Å². The van der Waals surface area contributed by atoms with E-state index >= 15 is 0 Å². The largest absolute Gasteiger partial charge is 0.488 e. The number of rotatable bonds is 7. The Bertz CT molecular complexity index is 777. The zero-order chi connectivity index (χ0) is 18.4. The minimum Gasteiger partial charge on any atom is -0.488 e. The van der Waals surface area contributed by atoms with Gasteiger partial charge >= 0.3 is 11.9 Å². The van der Waals surface area contributed by atoms with E-state index < -0.39 is 11.9 Å². The molecule has 2 rings (SSSR count). The summed E-state index contributed by atoms with van der Waals surface area (Å²) in [5.41, 5.74) is 1.50. The molecule has 1 heterocycles. The van der Waals surface area contributed by atoms with E-state index in [1.54, 1.807) is 13.8 Å². The Kier molecular flexibility index (Phi) is 6.36. The van der Waals surface area contributed by atoms with Crippen LogP contribution in [-0.4, -0.2) is 28.6 Å². The summed E-state index contributed by atoms with van der Waals surface area (Å²) in [5, 5.41) is 9.09. The second kappa shape index (κ2) is 8.48. The fourth-order valence-electron chi connectivity index (χ4n) is 2.31. The van der Waals surface area contributed by atoms with Crippen LogP contribution in [0.1, 0.15) is 34.1 Å². The van der Waals surface area contributed by atoms with E-state index in [1.807, 2.05) is 30.3 Å². The predicted octanol–water partition coefficient (Wildman–Crippen LogP) is 3.43. The minimum absolute atomic E-state index is 0.0544. The number of nitrogens with zero attached hydrogens (tertiary/aromatic N) is 1. The first-order chi connectivity index (χ1) is 11.9. The zero-order valence-electron chi connectivity index (χ0n) is 13.9. The van der Waals surface area contributed by atoms with Crippen molar-refractivity contribution in [2.75, 3.05) is 6.61 Å². The summed E-state index contributed by atoms with van der Waals surface area (Å²) in [6.07, 6.45) is -0.341. The van der Waals surface area contributed by atoms with Crippen LogP contribution in [0.5, 0.6) is 5.75 Å². The van der Waals surface area contributed by atoms with E-state index in [2.05, 4.69) is 4.98 Å². The fourth-order valence-corrected chi connectivity index (χ4v) is 2.60. The van der Waals surface area contributed by atoms with Crippen LogP contribution in [0.3, 0.4) is 0 Å². The molecule has 0 unspecified atom stereocenters. The van der Waals surface area contributed by atoms with Crippen molar-refractivity contribution < 1.29 is 24.2 Å². The van der Waals surface area contributed by atoms with Gasteiger partial charge in [-0.25, -0.2) is 9.78 Å². The maximum atomic E-state index is 12.3. The van der Waals surface area contributed by atoms with Gasteiger partial charge in [0.1, 0.15) is 23.1 Å². The number of aryl methyl sites for hydroxylation is 1. The zero-order valence-corrected chi connectivity index (χ0v) is 14.7. The van der Waals surface area contributed by atoms with E-state index in [1.165, 1.54) is 0 Å². The third-order valence-electron chi connectivity index (χ3n) is 3.44. The van der Waals surface area contributed by atoms with E-state index in [4.69, 9.17) is 21.1 Å². The molecule has 0 aliphatic heterocycles. The Balaban J connectivity index is 2.49. The number of carboxylic acids is 1. The highest BCUT2D eigenvalue weighted by Crippen LogP contribution is 2.33. The number of halogens is 1. The molecule has 25 heavy (non-hydrogen) atoms. The molecular formula is C18H18ClNO5. The van der Waals surface area contributed by atoms with Gasteiger partial charge in [-0.3, -0.25) is 4.79 Å². The quantitative estimate of drug-likeness (QED) is 0.599. The molecule has 0 atom stereocenters. The lowest BCUT2D eigenvalue weighted by molar-refractivity contribution is -0.136. The molecule has 0 radical (unpaired) electrons. The standard InChI is InChI=1S/C18H18ClNO5/c1-3-24-18(23)15-16(25-10-12-7-5-4-6-8-12)13(9-14(21)22)11(2)20-17(15)19/h4-8H,3,9-10H2,1-2H3,(H,21,22). The van der Waals surface area contributed by atoms with E-state index in [0.29, 0.717) is 11.3 Å². The maximum Gasteiger partial charge on any atom is 0.345 e. The van der Waals surface area contributed by atoms with Gasteiger partial charge in [-0.1, -0.05) is 41.9 Å². The highest BCUT2D eigenvalue weighted by Gasteiger charge is 2.26.